The van der Waals surface area contributed by atoms with Crippen LogP contribution in [0.15, 0.2) is 0 Å². The van der Waals surface area contributed by atoms with E-state index in [1.54, 1.807) is 0 Å². The van der Waals surface area contributed by atoms with E-state index in [-0.39, 0.29) is 6.10 Å². The number of rotatable bonds is 5. The lowest BCUT2D eigenvalue weighted by Crippen LogP contribution is -2.45. The molecule has 1 aliphatic rings. The van der Waals surface area contributed by atoms with Crippen molar-refractivity contribution in [2.45, 2.75) is 38.7 Å². The van der Waals surface area contributed by atoms with Gasteiger partial charge in [-0.25, -0.2) is 0 Å². The Hall–Kier alpha value is 0.880. The van der Waals surface area contributed by atoms with E-state index >= 15 is 0 Å². The Morgan fingerprint density at radius 2 is 2.06 bits per heavy atom. The second-order valence-corrected chi connectivity index (χ2v) is 11.6. The average Bonchev–Trinajstić information content (AvgIpc) is 2.12. The van der Waals surface area contributed by atoms with Crippen LogP contribution in [0.4, 0.5) is 0 Å². The molecule has 0 aromatic carbocycles. The minimum atomic E-state index is -3.13. The van der Waals surface area contributed by atoms with Crippen LogP contribution in [-0.4, -0.2) is 38.3 Å². The van der Waals surface area contributed by atoms with Crippen molar-refractivity contribution in [3.8, 4) is 0 Å². The molecular formula is C12H26NO2PS2. The minimum absolute atomic E-state index is 0.0337. The van der Waals surface area contributed by atoms with E-state index in [1.807, 2.05) is 0 Å². The third kappa shape index (κ3) is 6.88. The topological polar surface area (TPSA) is 32.3 Å². The minimum Gasteiger partial charge on any atom is -0.793 e. The van der Waals surface area contributed by atoms with Gasteiger partial charge in [-0.05, 0) is 24.7 Å². The molecule has 1 rings (SSSR count). The first-order valence-electron chi connectivity index (χ1n) is 6.59. The molecule has 0 aromatic heterocycles. The first kappa shape index (κ1) is 16.9. The van der Waals surface area contributed by atoms with Crippen LogP contribution in [0.5, 0.6) is 0 Å². The summed E-state index contributed by atoms with van der Waals surface area (Å²) in [5.74, 6) is 1.20. The molecule has 0 aliphatic heterocycles. The van der Waals surface area contributed by atoms with E-state index in [1.165, 1.54) is 12.8 Å². The zero-order valence-corrected chi connectivity index (χ0v) is 14.4. The van der Waals surface area contributed by atoms with E-state index in [2.05, 4.69) is 40.3 Å². The molecule has 1 fully saturated rings. The summed E-state index contributed by atoms with van der Waals surface area (Å²) in [6, 6.07) is 0. The van der Waals surface area contributed by atoms with Crippen LogP contribution in [0.25, 0.3) is 0 Å². The molecule has 0 bridgehead atoms. The highest BCUT2D eigenvalue weighted by Gasteiger charge is 2.32. The molecule has 4 unspecified atom stereocenters. The van der Waals surface area contributed by atoms with Crippen LogP contribution in [0.2, 0.25) is 0 Å². The average molecular weight is 311 g/mol. The molecule has 0 heterocycles. The van der Waals surface area contributed by atoms with Crippen molar-refractivity contribution >= 4 is 29.7 Å². The van der Waals surface area contributed by atoms with Gasteiger partial charge < -0.3 is 13.9 Å². The van der Waals surface area contributed by atoms with Gasteiger partial charge in [0.25, 0.3) is 0 Å². The lowest BCUT2D eigenvalue weighted by atomic mass is 9.79. The van der Waals surface area contributed by atoms with Crippen LogP contribution in [0.3, 0.4) is 0 Å². The van der Waals surface area contributed by atoms with Gasteiger partial charge in [0.1, 0.15) is 12.6 Å². The molecule has 3 nitrogen and oxygen atoms in total. The number of thiol groups is 1. The van der Waals surface area contributed by atoms with Crippen LogP contribution in [0, 0.1) is 11.8 Å². The van der Waals surface area contributed by atoms with Gasteiger partial charge in [0.15, 0.2) is 0 Å². The van der Waals surface area contributed by atoms with Crippen molar-refractivity contribution in [3.63, 3.8) is 0 Å². The Morgan fingerprint density at radius 3 is 2.50 bits per heavy atom. The summed E-state index contributed by atoms with van der Waals surface area (Å²) >= 11 is 8.77. The van der Waals surface area contributed by atoms with Crippen LogP contribution >= 0.6 is 17.9 Å². The Morgan fingerprint density at radius 1 is 1.44 bits per heavy atom. The van der Waals surface area contributed by atoms with E-state index in [4.69, 9.17) is 16.3 Å². The first-order chi connectivity index (χ1) is 8.07. The van der Waals surface area contributed by atoms with Gasteiger partial charge in [0.05, 0.1) is 21.1 Å². The third-order valence-electron chi connectivity index (χ3n) is 3.50. The van der Waals surface area contributed by atoms with Crippen LogP contribution in [0.1, 0.15) is 32.6 Å². The number of quaternary nitrogens is 1. The molecule has 1 aliphatic carbocycles. The molecule has 0 radical (unpaired) electrons. The summed E-state index contributed by atoms with van der Waals surface area (Å²) in [5, 5.41) is 0. The summed E-state index contributed by atoms with van der Waals surface area (Å²) in [6.45, 7) is 3.11. The van der Waals surface area contributed by atoms with Crippen LogP contribution in [-0.2, 0) is 16.3 Å². The summed E-state index contributed by atoms with van der Waals surface area (Å²) < 4.78 is 6.41. The summed E-state index contributed by atoms with van der Waals surface area (Å²) in [5.41, 5.74) is -3.13. The van der Waals surface area contributed by atoms with Gasteiger partial charge in [0.2, 0.25) is 0 Å². The van der Waals surface area contributed by atoms with Crippen LogP contribution < -0.4 is 4.89 Å². The molecule has 0 amide bonds. The first-order valence-corrected chi connectivity index (χ1v) is 10.4. The summed E-state index contributed by atoms with van der Waals surface area (Å²) in [4.78, 5) is 11.7. The van der Waals surface area contributed by atoms with Crippen molar-refractivity contribution in [1.82, 2.24) is 0 Å². The maximum Gasteiger partial charge on any atom is 0.114 e. The van der Waals surface area contributed by atoms with Crippen molar-refractivity contribution < 1.29 is 13.9 Å². The Labute approximate surface area is 122 Å². The second kappa shape index (κ2) is 6.55. The highest BCUT2D eigenvalue weighted by atomic mass is 32.9. The molecule has 1 saturated carbocycles. The van der Waals surface area contributed by atoms with Crippen molar-refractivity contribution in [2.75, 3.05) is 27.7 Å². The van der Waals surface area contributed by atoms with Gasteiger partial charge >= 0.3 is 0 Å². The van der Waals surface area contributed by atoms with Gasteiger partial charge in [-0.2, -0.15) is 0 Å². The molecule has 6 heteroatoms. The maximum absolute atomic E-state index is 11.7. The van der Waals surface area contributed by atoms with Crippen molar-refractivity contribution in [3.05, 3.63) is 0 Å². The normalized spacial score (nSPS) is 30.8. The maximum atomic E-state index is 11.7. The number of nitrogens with zero attached hydrogens (tertiary/aromatic N) is 1. The predicted octanol–water partition coefficient (Wildman–Crippen LogP) is 2.42. The monoisotopic (exact) mass is 311 g/mol. The van der Waals surface area contributed by atoms with E-state index in [0.29, 0.717) is 5.92 Å². The second-order valence-electron chi connectivity index (χ2n) is 6.62. The van der Waals surface area contributed by atoms with Gasteiger partial charge in [0, 0.05) is 5.69 Å². The Bertz CT molecular complexity index is 314. The Balaban J connectivity index is 2.72. The lowest BCUT2D eigenvalue weighted by Gasteiger charge is -2.39. The fraction of sp³-hybridized carbons (Fsp3) is 1.00. The fourth-order valence-corrected chi connectivity index (χ4v) is 4.07. The standard InChI is InChI=1S/C12H26NO2PS2/c1-10-6-5-7-11(8-10)12(9-13(2,3)4)15-16(14,17)18/h10-12H,5-9H2,1-4H3,(H-,14,17,18). The summed E-state index contributed by atoms with van der Waals surface area (Å²) in [7, 11) is 6.36. The third-order valence-corrected chi connectivity index (χ3v) is 4.58. The van der Waals surface area contributed by atoms with E-state index in [0.717, 1.165) is 29.8 Å². The highest BCUT2D eigenvalue weighted by Crippen LogP contribution is 2.47. The smallest absolute Gasteiger partial charge is 0.114 e. The zero-order valence-electron chi connectivity index (χ0n) is 11.8. The molecule has 4 atom stereocenters. The van der Waals surface area contributed by atoms with Crippen molar-refractivity contribution in [1.29, 1.82) is 0 Å². The van der Waals surface area contributed by atoms with E-state index in [9.17, 15) is 4.89 Å². The summed E-state index contributed by atoms with van der Waals surface area (Å²) in [6.07, 6.45) is 4.79. The van der Waals surface area contributed by atoms with Gasteiger partial charge in [-0.15, -0.1) is 12.2 Å². The predicted molar refractivity (Wildman–Crippen MR) is 82.2 cm³/mol. The molecule has 0 saturated heterocycles. The van der Waals surface area contributed by atoms with E-state index < -0.39 is 5.69 Å². The van der Waals surface area contributed by atoms with Gasteiger partial charge in [-0.1, -0.05) is 31.6 Å². The molecule has 108 valence electrons. The number of likely N-dealkylation sites (N-methyl/N-ethyl adjacent to an activating group) is 1. The zero-order chi connectivity index (χ0) is 14.0. The SMILES string of the molecule is CC1CCCC(C(C[N+](C)(C)C)OP([O-])(=S)S)C1. The number of hydrogen-bond donors (Lipinski definition) is 1. The van der Waals surface area contributed by atoms with Crippen molar-refractivity contribution in [2.24, 2.45) is 11.8 Å². The molecule has 0 aromatic rings. The number of hydrogen-bond acceptors (Lipinski definition) is 3. The quantitative estimate of drug-likeness (QED) is 0.481. The molecule has 0 N–H and O–H groups in total. The lowest BCUT2D eigenvalue weighted by molar-refractivity contribution is -0.873. The van der Waals surface area contributed by atoms with Gasteiger partial charge in [-0.3, -0.25) is 0 Å². The largest absolute Gasteiger partial charge is 0.793 e. The highest BCUT2D eigenvalue weighted by molar-refractivity contribution is 8.59. The molecular weight excluding hydrogens is 285 g/mol. The molecule has 0 spiro atoms. The fourth-order valence-electron chi connectivity index (χ4n) is 2.80. The Kier molecular flexibility index (Phi) is 6.17. The molecule has 18 heavy (non-hydrogen) atoms.